The number of halogens is 1. The van der Waals surface area contributed by atoms with E-state index < -0.39 is 0 Å². The fourth-order valence-corrected chi connectivity index (χ4v) is 1.13. The van der Waals surface area contributed by atoms with Crippen LogP contribution in [0.15, 0.2) is 18.2 Å². The fourth-order valence-electron chi connectivity index (χ4n) is 0.912. The Labute approximate surface area is 81.7 Å². The maximum atomic E-state index is 10.6. The lowest BCUT2D eigenvalue weighted by molar-refractivity contribution is 0.112. The molecule has 0 atom stereocenters. The van der Waals surface area contributed by atoms with Crippen LogP contribution in [0, 0.1) is 11.8 Å². The zero-order valence-corrected chi connectivity index (χ0v) is 7.64. The molecule has 0 saturated carbocycles. The molecule has 0 aliphatic heterocycles. The molecule has 0 spiro atoms. The minimum Gasteiger partial charge on any atom is -0.320 e. The van der Waals surface area contributed by atoms with Crippen molar-refractivity contribution in [1.82, 2.24) is 0 Å². The summed E-state index contributed by atoms with van der Waals surface area (Å²) in [5.74, 6) is 5.44. The summed E-state index contributed by atoms with van der Waals surface area (Å²) in [6.07, 6.45) is 0.697. The van der Waals surface area contributed by atoms with Crippen LogP contribution >= 0.6 is 11.6 Å². The van der Waals surface area contributed by atoms with Gasteiger partial charge in [0.15, 0.2) is 6.29 Å². The number of carbonyl (C=O) groups excluding carboxylic acids is 1. The average Bonchev–Trinajstić information content (AvgIpc) is 2.15. The largest absolute Gasteiger partial charge is 0.320 e. The number of carbonyl (C=O) groups is 1. The number of benzene rings is 1. The highest BCUT2D eigenvalue weighted by molar-refractivity contribution is 6.33. The van der Waals surface area contributed by atoms with Gasteiger partial charge in [0.05, 0.1) is 11.6 Å². The molecule has 0 heterocycles. The molecule has 0 bridgehead atoms. The van der Waals surface area contributed by atoms with E-state index >= 15 is 0 Å². The Balaban J connectivity index is 3.20. The van der Waals surface area contributed by atoms with Crippen molar-refractivity contribution in [3.8, 4) is 11.8 Å². The molecule has 0 aliphatic carbocycles. The van der Waals surface area contributed by atoms with Gasteiger partial charge in [-0.15, -0.1) is 0 Å². The first-order valence-corrected chi connectivity index (χ1v) is 4.10. The molecule has 0 saturated heterocycles. The van der Waals surface area contributed by atoms with E-state index in [9.17, 15) is 4.79 Å². The zero-order valence-electron chi connectivity index (χ0n) is 6.88. The molecule has 0 radical (unpaired) electrons. The summed E-state index contributed by atoms with van der Waals surface area (Å²) in [5.41, 5.74) is 6.25. The van der Waals surface area contributed by atoms with Crippen LogP contribution in [0.25, 0.3) is 0 Å². The van der Waals surface area contributed by atoms with Crippen molar-refractivity contribution >= 4 is 17.9 Å². The SMILES string of the molecule is NCC#Cc1cccc(Cl)c1C=O. The normalized spacial score (nSPS) is 8.77. The van der Waals surface area contributed by atoms with Gasteiger partial charge in [0, 0.05) is 11.1 Å². The van der Waals surface area contributed by atoms with Gasteiger partial charge < -0.3 is 5.73 Å². The van der Waals surface area contributed by atoms with Gasteiger partial charge in [-0.25, -0.2) is 0 Å². The van der Waals surface area contributed by atoms with E-state index in [0.29, 0.717) is 22.4 Å². The first kappa shape index (κ1) is 9.79. The third-order valence-corrected chi connectivity index (χ3v) is 1.83. The van der Waals surface area contributed by atoms with Crippen molar-refractivity contribution in [3.05, 3.63) is 34.3 Å². The molecule has 0 fully saturated rings. The van der Waals surface area contributed by atoms with Gasteiger partial charge in [0.2, 0.25) is 0 Å². The Hall–Kier alpha value is -1.30. The highest BCUT2D eigenvalue weighted by Gasteiger charge is 2.02. The zero-order chi connectivity index (χ0) is 9.68. The predicted molar refractivity (Wildman–Crippen MR) is 52.8 cm³/mol. The number of rotatable bonds is 1. The van der Waals surface area contributed by atoms with E-state index in [-0.39, 0.29) is 6.54 Å². The number of hydrogen-bond acceptors (Lipinski definition) is 2. The highest BCUT2D eigenvalue weighted by atomic mass is 35.5. The van der Waals surface area contributed by atoms with Gasteiger partial charge in [0.25, 0.3) is 0 Å². The van der Waals surface area contributed by atoms with Crippen molar-refractivity contribution < 1.29 is 4.79 Å². The van der Waals surface area contributed by atoms with Crippen LogP contribution in [-0.4, -0.2) is 12.8 Å². The summed E-state index contributed by atoms with van der Waals surface area (Å²) < 4.78 is 0. The quantitative estimate of drug-likeness (QED) is 0.542. The van der Waals surface area contributed by atoms with Crippen LogP contribution < -0.4 is 5.73 Å². The van der Waals surface area contributed by atoms with Gasteiger partial charge in [-0.2, -0.15) is 0 Å². The predicted octanol–water partition coefficient (Wildman–Crippen LogP) is 1.46. The molecule has 13 heavy (non-hydrogen) atoms. The minimum absolute atomic E-state index is 0.269. The molecule has 1 aromatic rings. The highest BCUT2D eigenvalue weighted by Crippen LogP contribution is 2.16. The average molecular weight is 194 g/mol. The molecule has 0 unspecified atom stereocenters. The Morgan fingerprint density at radius 3 is 2.92 bits per heavy atom. The Morgan fingerprint density at radius 1 is 1.54 bits per heavy atom. The third-order valence-electron chi connectivity index (χ3n) is 1.50. The minimum atomic E-state index is 0.269. The van der Waals surface area contributed by atoms with Gasteiger partial charge in [-0.05, 0) is 12.1 Å². The molecule has 2 N–H and O–H groups in total. The topological polar surface area (TPSA) is 43.1 Å². The molecule has 0 amide bonds. The van der Waals surface area contributed by atoms with Gasteiger partial charge >= 0.3 is 0 Å². The van der Waals surface area contributed by atoms with Crippen molar-refractivity contribution in [1.29, 1.82) is 0 Å². The summed E-state index contributed by atoms with van der Waals surface area (Å²) in [7, 11) is 0. The summed E-state index contributed by atoms with van der Waals surface area (Å²) in [4.78, 5) is 10.6. The molecule has 1 aromatic carbocycles. The molecule has 0 aromatic heterocycles. The molecule has 2 nitrogen and oxygen atoms in total. The van der Waals surface area contributed by atoms with Crippen LogP contribution in [0.5, 0.6) is 0 Å². The summed E-state index contributed by atoms with van der Waals surface area (Å²) >= 11 is 5.78. The Kier molecular flexibility index (Phi) is 3.51. The Morgan fingerprint density at radius 2 is 2.31 bits per heavy atom. The van der Waals surface area contributed by atoms with E-state index in [1.54, 1.807) is 18.2 Å². The lowest BCUT2D eigenvalue weighted by atomic mass is 10.1. The summed E-state index contributed by atoms with van der Waals surface area (Å²) in [6, 6.07) is 5.13. The van der Waals surface area contributed by atoms with Gasteiger partial charge in [-0.1, -0.05) is 29.5 Å². The molecule has 3 heteroatoms. The molecular formula is C10H8ClNO. The maximum Gasteiger partial charge on any atom is 0.152 e. The van der Waals surface area contributed by atoms with Crippen molar-refractivity contribution in [3.63, 3.8) is 0 Å². The molecule has 0 aliphatic rings. The monoisotopic (exact) mass is 193 g/mol. The van der Waals surface area contributed by atoms with E-state index in [2.05, 4.69) is 11.8 Å². The van der Waals surface area contributed by atoms with E-state index in [0.717, 1.165) is 0 Å². The van der Waals surface area contributed by atoms with Gasteiger partial charge in [0.1, 0.15) is 0 Å². The second-order valence-corrected chi connectivity index (χ2v) is 2.73. The van der Waals surface area contributed by atoms with Gasteiger partial charge in [-0.3, -0.25) is 4.79 Å². The van der Waals surface area contributed by atoms with Crippen LogP contribution in [0.2, 0.25) is 5.02 Å². The first-order valence-electron chi connectivity index (χ1n) is 3.72. The second kappa shape index (κ2) is 4.66. The molecular weight excluding hydrogens is 186 g/mol. The third kappa shape index (κ3) is 2.32. The fraction of sp³-hybridized carbons (Fsp3) is 0.100. The van der Waals surface area contributed by atoms with Crippen LogP contribution in [0.3, 0.4) is 0 Å². The van der Waals surface area contributed by atoms with Crippen molar-refractivity contribution in [2.45, 2.75) is 0 Å². The van der Waals surface area contributed by atoms with E-state index in [4.69, 9.17) is 17.3 Å². The van der Waals surface area contributed by atoms with E-state index in [1.165, 1.54) is 0 Å². The lowest BCUT2D eigenvalue weighted by Gasteiger charge is -1.97. The smallest absolute Gasteiger partial charge is 0.152 e. The second-order valence-electron chi connectivity index (χ2n) is 2.32. The summed E-state index contributed by atoms with van der Waals surface area (Å²) in [5, 5.41) is 0.416. The van der Waals surface area contributed by atoms with Crippen molar-refractivity contribution in [2.24, 2.45) is 5.73 Å². The maximum absolute atomic E-state index is 10.6. The van der Waals surface area contributed by atoms with Crippen LogP contribution in [0.1, 0.15) is 15.9 Å². The molecule has 1 rings (SSSR count). The number of nitrogens with two attached hydrogens (primary N) is 1. The Bertz CT molecular complexity index is 376. The number of aldehydes is 1. The first-order chi connectivity index (χ1) is 6.29. The summed E-state index contributed by atoms with van der Waals surface area (Å²) in [6.45, 7) is 0.269. The standard InChI is InChI=1S/C10H8ClNO/c11-10-5-1-3-8(4-2-6-12)9(10)7-13/h1,3,5,7H,6,12H2. The molecule has 66 valence electrons. The van der Waals surface area contributed by atoms with Crippen LogP contribution in [-0.2, 0) is 0 Å². The lowest BCUT2D eigenvalue weighted by Crippen LogP contribution is -1.94. The van der Waals surface area contributed by atoms with Crippen LogP contribution in [0.4, 0.5) is 0 Å². The van der Waals surface area contributed by atoms with E-state index in [1.807, 2.05) is 0 Å². The van der Waals surface area contributed by atoms with Crippen molar-refractivity contribution in [2.75, 3.05) is 6.54 Å². The number of hydrogen-bond donors (Lipinski definition) is 1.